The SMILES string of the molecule is C1=CC(c2ccc(-c3ccccc3)s2)CC=N1.Cl. The molecule has 0 bridgehead atoms. The van der Waals surface area contributed by atoms with Gasteiger partial charge >= 0.3 is 0 Å². The summed E-state index contributed by atoms with van der Waals surface area (Å²) < 4.78 is 0. The summed E-state index contributed by atoms with van der Waals surface area (Å²) in [6.07, 6.45) is 7.09. The molecule has 1 aromatic heterocycles. The zero-order valence-electron chi connectivity index (χ0n) is 9.82. The van der Waals surface area contributed by atoms with E-state index in [1.807, 2.05) is 23.8 Å². The van der Waals surface area contributed by atoms with Crippen LogP contribution in [0.5, 0.6) is 0 Å². The zero-order valence-corrected chi connectivity index (χ0v) is 11.5. The smallest absolute Gasteiger partial charge is 0.0345 e. The molecule has 0 saturated carbocycles. The van der Waals surface area contributed by atoms with Crippen molar-refractivity contribution in [1.29, 1.82) is 0 Å². The number of allylic oxidation sites excluding steroid dienone is 1. The summed E-state index contributed by atoms with van der Waals surface area (Å²) in [4.78, 5) is 6.88. The highest BCUT2D eigenvalue weighted by molar-refractivity contribution is 7.15. The van der Waals surface area contributed by atoms with Gasteiger partial charge in [-0.1, -0.05) is 36.4 Å². The minimum atomic E-state index is 0. The lowest BCUT2D eigenvalue weighted by atomic mass is 10.0. The predicted molar refractivity (Wildman–Crippen MR) is 82.0 cm³/mol. The second kappa shape index (κ2) is 5.98. The Bertz CT molecular complexity index is 557. The van der Waals surface area contributed by atoms with Crippen molar-refractivity contribution in [3.63, 3.8) is 0 Å². The molecule has 3 rings (SSSR count). The third-order valence-electron chi connectivity index (χ3n) is 2.92. The Kier molecular flexibility index (Phi) is 4.34. The van der Waals surface area contributed by atoms with Crippen molar-refractivity contribution < 1.29 is 0 Å². The maximum atomic E-state index is 4.12. The van der Waals surface area contributed by atoms with Crippen LogP contribution in [0.1, 0.15) is 17.2 Å². The quantitative estimate of drug-likeness (QED) is 0.738. The van der Waals surface area contributed by atoms with Crippen molar-refractivity contribution in [3.05, 3.63) is 59.6 Å². The van der Waals surface area contributed by atoms with E-state index in [2.05, 4.69) is 53.5 Å². The van der Waals surface area contributed by atoms with E-state index in [1.54, 1.807) is 0 Å². The van der Waals surface area contributed by atoms with Crippen LogP contribution in [0.4, 0.5) is 0 Å². The normalized spacial score (nSPS) is 17.4. The molecule has 0 amide bonds. The molecule has 0 fully saturated rings. The molecule has 0 radical (unpaired) electrons. The van der Waals surface area contributed by atoms with E-state index in [0.29, 0.717) is 5.92 Å². The van der Waals surface area contributed by atoms with E-state index >= 15 is 0 Å². The first-order valence-electron chi connectivity index (χ1n) is 5.77. The molecule has 3 heteroatoms. The first kappa shape index (κ1) is 13.1. The van der Waals surface area contributed by atoms with Crippen LogP contribution >= 0.6 is 23.7 Å². The number of halogens is 1. The molecule has 1 atom stereocenters. The van der Waals surface area contributed by atoms with Crippen LogP contribution in [-0.2, 0) is 0 Å². The van der Waals surface area contributed by atoms with Crippen LogP contribution in [-0.4, -0.2) is 6.21 Å². The largest absolute Gasteiger partial charge is 0.269 e. The van der Waals surface area contributed by atoms with Crippen molar-refractivity contribution in [2.75, 3.05) is 0 Å². The predicted octanol–water partition coefficient (Wildman–Crippen LogP) is 4.91. The van der Waals surface area contributed by atoms with Gasteiger partial charge in [-0.3, -0.25) is 4.99 Å². The van der Waals surface area contributed by atoms with E-state index in [0.717, 1.165) is 6.42 Å². The van der Waals surface area contributed by atoms with Crippen molar-refractivity contribution in [2.45, 2.75) is 12.3 Å². The molecular weight excluding hydrogens is 262 g/mol. The topological polar surface area (TPSA) is 12.4 Å². The van der Waals surface area contributed by atoms with Gasteiger partial charge in [-0.25, -0.2) is 0 Å². The Morgan fingerprint density at radius 2 is 1.89 bits per heavy atom. The average Bonchev–Trinajstić information content (AvgIpc) is 2.90. The van der Waals surface area contributed by atoms with E-state index < -0.39 is 0 Å². The van der Waals surface area contributed by atoms with E-state index in [4.69, 9.17) is 0 Å². The molecule has 0 spiro atoms. The van der Waals surface area contributed by atoms with Gasteiger partial charge < -0.3 is 0 Å². The van der Waals surface area contributed by atoms with Gasteiger partial charge in [-0.15, -0.1) is 23.7 Å². The number of hydrogen-bond donors (Lipinski definition) is 0. The zero-order chi connectivity index (χ0) is 11.5. The summed E-state index contributed by atoms with van der Waals surface area (Å²) in [5.74, 6) is 0.509. The molecule has 1 nitrogen and oxygen atoms in total. The maximum Gasteiger partial charge on any atom is 0.0345 e. The Morgan fingerprint density at radius 3 is 2.61 bits per heavy atom. The summed E-state index contributed by atoms with van der Waals surface area (Å²) in [5.41, 5.74) is 1.30. The highest BCUT2D eigenvalue weighted by atomic mass is 35.5. The van der Waals surface area contributed by atoms with Gasteiger partial charge in [0.25, 0.3) is 0 Å². The van der Waals surface area contributed by atoms with Gasteiger partial charge in [-0.2, -0.15) is 0 Å². The maximum absolute atomic E-state index is 4.12. The third-order valence-corrected chi connectivity index (χ3v) is 4.19. The molecule has 0 saturated heterocycles. The van der Waals surface area contributed by atoms with Gasteiger partial charge in [0.15, 0.2) is 0 Å². The first-order chi connectivity index (χ1) is 8.43. The van der Waals surface area contributed by atoms with Crippen LogP contribution in [0.15, 0.2) is 59.7 Å². The third kappa shape index (κ3) is 2.71. The summed E-state index contributed by atoms with van der Waals surface area (Å²) in [7, 11) is 0. The minimum absolute atomic E-state index is 0. The summed E-state index contributed by atoms with van der Waals surface area (Å²) in [6, 6.07) is 15.0. The fourth-order valence-corrected chi connectivity index (χ4v) is 3.09. The summed E-state index contributed by atoms with van der Waals surface area (Å²) in [5, 5.41) is 0. The molecule has 0 N–H and O–H groups in total. The van der Waals surface area contributed by atoms with E-state index in [9.17, 15) is 0 Å². The van der Waals surface area contributed by atoms with Crippen molar-refractivity contribution in [1.82, 2.24) is 0 Å². The van der Waals surface area contributed by atoms with E-state index in [-0.39, 0.29) is 12.4 Å². The molecule has 1 aliphatic rings. The monoisotopic (exact) mass is 275 g/mol. The number of nitrogens with zero attached hydrogens (tertiary/aromatic N) is 1. The standard InChI is InChI=1S/C15H13NS.ClH/c1-2-4-12(5-3-1)14-6-7-15(17-14)13-8-10-16-11-9-13;/h1-8,10-11,13H,9H2;1H. The first-order valence-corrected chi connectivity index (χ1v) is 6.58. The molecule has 0 aliphatic carbocycles. The Balaban J connectivity index is 0.00000120. The van der Waals surface area contributed by atoms with E-state index in [1.165, 1.54) is 15.3 Å². The number of hydrogen-bond acceptors (Lipinski definition) is 2. The minimum Gasteiger partial charge on any atom is -0.269 e. The number of rotatable bonds is 2. The van der Waals surface area contributed by atoms with Gasteiger partial charge in [-0.05, 0) is 24.1 Å². The highest BCUT2D eigenvalue weighted by Gasteiger charge is 2.12. The number of benzene rings is 1. The van der Waals surface area contributed by atoms with Gasteiger partial charge in [0.2, 0.25) is 0 Å². The van der Waals surface area contributed by atoms with Gasteiger partial charge in [0.1, 0.15) is 0 Å². The molecule has 92 valence electrons. The van der Waals surface area contributed by atoms with Crippen LogP contribution in [0.3, 0.4) is 0 Å². The summed E-state index contributed by atoms with van der Waals surface area (Å²) >= 11 is 1.88. The van der Waals surface area contributed by atoms with Crippen LogP contribution in [0.25, 0.3) is 10.4 Å². The van der Waals surface area contributed by atoms with Gasteiger partial charge in [0.05, 0.1) is 0 Å². The fourth-order valence-electron chi connectivity index (χ4n) is 1.99. The molecule has 1 aliphatic heterocycles. The van der Waals surface area contributed by atoms with Crippen LogP contribution in [0.2, 0.25) is 0 Å². The van der Waals surface area contributed by atoms with Crippen molar-refractivity contribution >= 4 is 30.0 Å². The van der Waals surface area contributed by atoms with Crippen molar-refractivity contribution in [2.24, 2.45) is 4.99 Å². The molecule has 1 aromatic carbocycles. The molecule has 1 unspecified atom stereocenters. The number of thiophene rings is 1. The highest BCUT2D eigenvalue weighted by Crippen LogP contribution is 2.34. The molecule has 18 heavy (non-hydrogen) atoms. The Morgan fingerprint density at radius 1 is 1.06 bits per heavy atom. The fraction of sp³-hybridized carbons (Fsp3) is 0.133. The second-order valence-corrected chi connectivity index (χ2v) is 5.20. The van der Waals surface area contributed by atoms with Crippen molar-refractivity contribution in [3.8, 4) is 10.4 Å². The lowest BCUT2D eigenvalue weighted by molar-refractivity contribution is 0.909. The van der Waals surface area contributed by atoms with Crippen LogP contribution < -0.4 is 0 Å². The van der Waals surface area contributed by atoms with Gasteiger partial charge in [0, 0.05) is 28.1 Å². The molecule has 2 heterocycles. The lowest BCUT2D eigenvalue weighted by Gasteiger charge is -2.09. The number of aliphatic imine (C=N–C) groups is 1. The van der Waals surface area contributed by atoms with Crippen LogP contribution in [0, 0.1) is 0 Å². The summed E-state index contributed by atoms with van der Waals surface area (Å²) in [6.45, 7) is 0. The Hall–Kier alpha value is -1.38. The molecule has 2 aromatic rings. The average molecular weight is 276 g/mol. The molecular formula is C15H14ClNS. The second-order valence-electron chi connectivity index (χ2n) is 4.08. The lowest BCUT2D eigenvalue weighted by Crippen LogP contribution is -1.95. The Labute approximate surface area is 117 Å².